The summed E-state index contributed by atoms with van der Waals surface area (Å²) in [6.45, 7) is 0. The number of hydrogen-bond acceptors (Lipinski definition) is 6. The molecular weight excluding hydrogens is 283 g/mol. The van der Waals surface area contributed by atoms with Crippen molar-refractivity contribution in [2.24, 2.45) is 0 Å². The Morgan fingerprint density at radius 2 is 1.67 bits per heavy atom. The molecule has 5 nitrogen and oxygen atoms in total. The molecule has 0 bridgehead atoms. The van der Waals surface area contributed by atoms with Gasteiger partial charge in [0.25, 0.3) is 0 Å². The zero-order valence-corrected chi connectivity index (χ0v) is 11.3. The van der Waals surface area contributed by atoms with Gasteiger partial charge in [0.15, 0.2) is 0 Å². The molecule has 1 heterocycles. The van der Waals surface area contributed by atoms with E-state index in [1.807, 2.05) is 0 Å². The molecule has 0 saturated carbocycles. The number of hydrogen-bond donors (Lipinski definition) is 4. The van der Waals surface area contributed by atoms with Crippen LogP contribution in [0.4, 0.5) is 0 Å². The van der Waals surface area contributed by atoms with Crippen LogP contribution in [0, 0.1) is 0 Å². The molecule has 5 atom stereocenters. The Bertz CT molecular complexity index is 205. The van der Waals surface area contributed by atoms with Crippen LogP contribution in [-0.4, -0.2) is 70.4 Å². The van der Waals surface area contributed by atoms with Crippen molar-refractivity contribution in [2.75, 3.05) is 5.75 Å². The van der Waals surface area contributed by atoms with Gasteiger partial charge in [0.05, 0.1) is 0 Å². The van der Waals surface area contributed by atoms with E-state index in [4.69, 9.17) is 4.74 Å². The summed E-state index contributed by atoms with van der Waals surface area (Å²) in [5, 5.41) is 37.5. The van der Waals surface area contributed by atoms with E-state index < -0.39 is 44.2 Å². The van der Waals surface area contributed by atoms with Crippen LogP contribution >= 0.6 is 10.0 Å². The van der Waals surface area contributed by atoms with Crippen molar-refractivity contribution in [1.29, 1.82) is 0 Å². The van der Waals surface area contributed by atoms with Crippen molar-refractivity contribution in [3.05, 3.63) is 0 Å². The van der Waals surface area contributed by atoms with Gasteiger partial charge in [-0.05, 0) is 0 Å². The summed E-state index contributed by atoms with van der Waals surface area (Å²) in [7, 11) is 1.70. The maximum absolute atomic E-state index is 9.60. The van der Waals surface area contributed by atoms with Gasteiger partial charge in [-0.25, -0.2) is 0 Å². The van der Waals surface area contributed by atoms with Crippen molar-refractivity contribution in [3.63, 3.8) is 0 Å². The first-order valence-electron chi connectivity index (χ1n) is 4.61. The molecule has 0 aromatic heterocycles. The zero-order valence-electron chi connectivity index (χ0n) is 8.65. The Kier molecular flexibility index (Phi) is 5.39. The Morgan fingerprint density at radius 1 is 1.07 bits per heavy atom. The molecule has 0 aliphatic carbocycles. The van der Waals surface area contributed by atoms with Gasteiger partial charge in [0.1, 0.15) is 0 Å². The van der Waals surface area contributed by atoms with Gasteiger partial charge >= 0.3 is 96.6 Å². The van der Waals surface area contributed by atoms with E-state index in [1.54, 1.807) is 10.0 Å². The van der Waals surface area contributed by atoms with Crippen molar-refractivity contribution in [3.8, 4) is 0 Å². The van der Waals surface area contributed by atoms with Gasteiger partial charge in [-0.1, -0.05) is 0 Å². The Labute approximate surface area is 96.7 Å². The Balaban J connectivity index is 2.51. The maximum atomic E-state index is 9.60. The average Bonchev–Trinajstić information content (AvgIpc) is 2.18. The van der Waals surface area contributed by atoms with Crippen molar-refractivity contribution >= 4 is 23.5 Å². The van der Waals surface area contributed by atoms with Crippen LogP contribution in [0.15, 0.2) is 0 Å². The minimum atomic E-state index is -1.43. The molecule has 15 heavy (non-hydrogen) atoms. The van der Waals surface area contributed by atoms with E-state index in [1.165, 1.54) is 0 Å². The van der Waals surface area contributed by atoms with E-state index in [2.05, 4.69) is 11.4 Å². The third-order valence-corrected chi connectivity index (χ3v) is 7.37. The molecule has 0 aromatic carbocycles. The van der Waals surface area contributed by atoms with Gasteiger partial charge in [-0.15, -0.1) is 0 Å². The first-order valence-corrected chi connectivity index (χ1v) is 11.6. The minimum absolute atomic E-state index is 0.537. The predicted molar refractivity (Wildman–Crippen MR) is 58.8 cm³/mol. The first-order chi connectivity index (χ1) is 6.93. The number of ether oxygens (including phenoxy) is 1. The quantitative estimate of drug-likeness (QED) is 0.488. The summed E-state index contributed by atoms with van der Waals surface area (Å²) in [6, 6.07) is 0. The van der Waals surface area contributed by atoms with Crippen molar-refractivity contribution < 1.29 is 25.2 Å². The van der Waals surface area contributed by atoms with Crippen LogP contribution in [0.5, 0.6) is 0 Å². The first kappa shape index (κ1) is 13.8. The molecular formula is C8H17AsO5S. The number of aliphatic hydroxyl groups is 4. The molecule has 1 rings (SSSR count). The third-order valence-electron chi connectivity index (χ3n) is 2.18. The molecule has 1 aliphatic heterocycles. The number of rotatable bonds is 3. The molecule has 0 amide bonds. The standard InChI is InChI=1S/C8H17AsO5S/c1-9(2)15-3-4-5(10)6(11)7(12)8(13)14-4/h4-8,10-13H,3H2,1-2H3. The molecule has 7 heteroatoms. The SMILES string of the molecule is C[As](C)SCC1OC(O)C(O)C(O)C1O. The molecule has 1 aliphatic rings. The second-order valence-electron chi connectivity index (χ2n) is 3.65. The summed E-state index contributed by atoms with van der Waals surface area (Å²) >= 11 is -0.885. The van der Waals surface area contributed by atoms with Crippen LogP contribution in [0.25, 0.3) is 0 Å². The normalized spacial score (nSPS) is 42.2. The van der Waals surface area contributed by atoms with Gasteiger partial charge in [0, 0.05) is 0 Å². The fourth-order valence-electron chi connectivity index (χ4n) is 1.29. The van der Waals surface area contributed by atoms with Crippen molar-refractivity contribution in [1.82, 2.24) is 0 Å². The van der Waals surface area contributed by atoms with Gasteiger partial charge in [-0.3, -0.25) is 0 Å². The van der Waals surface area contributed by atoms with Gasteiger partial charge < -0.3 is 0 Å². The molecule has 1 fully saturated rings. The predicted octanol–water partition coefficient (Wildman–Crippen LogP) is -1.23. The molecule has 4 N–H and O–H groups in total. The van der Waals surface area contributed by atoms with Crippen molar-refractivity contribution in [2.45, 2.75) is 42.1 Å². The molecule has 0 radical (unpaired) electrons. The zero-order chi connectivity index (χ0) is 11.6. The molecule has 0 aromatic rings. The second-order valence-corrected chi connectivity index (χ2v) is 13.1. The monoisotopic (exact) mass is 300 g/mol. The van der Waals surface area contributed by atoms with E-state index in [9.17, 15) is 20.4 Å². The Hall–Kier alpha value is 0.708. The van der Waals surface area contributed by atoms with Crippen LogP contribution < -0.4 is 0 Å². The van der Waals surface area contributed by atoms with Gasteiger partial charge in [-0.2, -0.15) is 0 Å². The molecule has 1 saturated heterocycles. The van der Waals surface area contributed by atoms with Crippen LogP contribution in [0.1, 0.15) is 0 Å². The van der Waals surface area contributed by atoms with E-state index in [0.29, 0.717) is 5.75 Å². The second kappa shape index (κ2) is 5.87. The van der Waals surface area contributed by atoms with E-state index in [0.717, 1.165) is 0 Å². The molecule has 0 spiro atoms. The average molecular weight is 300 g/mol. The fraction of sp³-hybridized carbons (Fsp3) is 1.00. The fourth-order valence-corrected chi connectivity index (χ4v) is 4.81. The third kappa shape index (κ3) is 3.59. The van der Waals surface area contributed by atoms with Gasteiger partial charge in [0.2, 0.25) is 0 Å². The van der Waals surface area contributed by atoms with Crippen LogP contribution in [0.2, 0.25) is 11.4 Å². The number of aliphatic hydroxyl groups excluding tert-OH is 4. The molecule has 90 valence electrons. The summed E-state index contributed by atoms with van der Waals surface area (Å²) < 4.78 is 5.03. The summed E-state index contributed by atoms with van der Waals surface area (Å²) in [5.74, 6) is 0.537. The van der Waals surface area contributed by atoms with E-state index in [-0.39, 0.29) is 0 Å². The summed E-state index contributed by atoms with van der Waals surface area (Å²) in [6.07, 6.45) is -5.93. The summed E-state index contributed by atoms with van der Waals surface area (Å²) in [5.41, 5.74) is 4.29. The summed E-state index contributed by atoms with van der Waals surface area (Å²) in [4.78, 5) is 0. The van der Waals surface area contributed by atoms with Crippen LogP contribution in [-0.2, 0) is 4.74 Å². The van der Waals surface area contributed by atoms with E-state index >= 15 is 0 Å². The molecule has 5 unspecified atom stereocenters. The Morgan fingerprint density at radius 3 is 2.20 bits per heavy atom. The topological polar surface area (TPSA) is 90.2 Å². The van der Waals surface area contributed by atoms with Crippen LogP contribution in [0.3, 0.4) is 0 Å².